The van der Waals surface area contributed by atoms with Crippen molar-refractivity contribution in [2.24, 2.45) is 0 Å². The molecule has 5 rings (SSSR count). The van der Waals surface area contributed by atoms with E-state index in [9.17, 15) is 18.4 Å². The average molecular weight is 412 g/mol. The highest BCUT2D eigenvalue weighted by atomic mass is 19.1. The highest BCUT2D eigenvalue weighted by molar-refractivity contribution is 5.79. The monoisotopic (exact) mass is 412 g/mol. The van der Waals surface area contributed by atoms with Crippen molar-refractivity contribution in [1.82, 2.24) is 18.9 Å². The molecule has 1 saturated carbocycles. The standard InChI is InChI=1S/C22H22F2N4O2/c1-13-9-15(5-6-16(13)23)18-19-21(30)26(10-17(29)27-11-22(2,24)12-27)7-8-28(19)20(25-18)14-3-4-14/h5-9,14H,3-4,10-12H2,1-2H3. The van der Waals surface area contributed by atoms with Crippen LogP contribution in [-0.2, 0) is 11.3 Å². The zero-order valence-corrected chi connectivity index (χ0v) is 16.9. The van der Waals surface area contributed by atoms with Crippen LogP contribution in [0, 0.1) is 12.7 Å². The summed E-state index contributed by atoms with van der Waals surface area (Å²) in [5.74, 6) is 0.501. The Morgan fingerprint density at radius 3 is 2.63 bits per heavy atom. The van der Waals surface area contributed by atoms with Crippen molar-refractivity contribution in [2.45, 2.75) is 44.8 Å². The van der Waals surface area contributed by atoms with E-state index < -0.39 is 5.67 Å². The van der Waals surface area contributed by atoms with Crippen molar-refractivity contribution in [3.05, 3.63) is 58.2 Å². The number of aryl methyl sites for hydroxylation is 1. The Kier molecular flexibility index (Phi) is 4.10. The fraction of sp³-hybridized carbons (Fsp3) is 0.409. The normalized spacial score (nSPS) is 17.9. The molecule has 1 amide bonds. The number of aromatic nitrogens is 3. The van der Waals surface area contributed by atoms with Crippen LogP contribution in [0.1, 0.15) is 37.1 Å². The molecule has 1 aliphatic heterocycles. The molecule has 2 aromatic heterocycles. The summed E-state index contributed by atoms with van der Waals surface area (Å²) in [4.78, 5) is 31.9. The molecule has 2 fully saturated rings. The maximum atomic E-state index is 13.8. The van der Waals surface area contributed by atoms with Crippen molar-refractivity contribution in [2.75, 3.05) is 13.1 Å². The highest BCUT2D eigenvalue weighted by Crippen LogP contribution is 2.41. The molecular weight excluding hydrogens is 390 g/mol. The summed E-state index contributed by atoms with van der Waals surface area (Å²) in [7, 11) is 0. The molecule has 1 saturated heterocycles. The molecular formula is C22H22F2N4O2. The number of alkyl halides is 1. The number of benzene rings is 1. The number of imidazole rings is 1. The number of hydrogen-bond acceptors (Lipinski definition) is 3. The number of hydrogen-bond donors (Lipinski definition) is 0. The molecule has 0 unspecified atom stereocenters. The van der Waals surface area contributed by atoms with Crippen molar-refractivity contribution in [3.8, 4) is 11.3 Å². The van der Waals surface area contributed by atoms with Gasteiger partial charge in [-0.1, -0.05) is 0 Å². The van der Waals surface area contributed by atoms with E-state index in [1.54, 1.807) is 35.9 Å². The molecule has 156 valence electrons. The van der Waals surface area contributed by atoms with Crippen LogP contribution < -0.4 is 5.56 Å². The number of carbonyl (C=O) groups excluding carboxylic acids is 1. The van der Waals surface area contributed by atoms with Crippen LogP contribution in [-0.4, -0.2) is 43.5 Å². The quantitative estimate of drug-likeness (QED) is 0.662. The van der Waals surface area contributed by atoms with Gasteiger partial charge in [-0.3, -0.25) is 14.0 Å². The van der Waals surface area contributed by atoms with E-state index in [1.165, 1.54) is 22.5 Å². The van der Waals surface area contributed by atoms with E-state index in [0.717, 1.165) is 18.7 Å². The third kappa shape index (κ3) is 3.11. The SMILES string of the molecule is Cc1cc(-c2nc(C3CC3)n3ccn(CC(=O)N4CC(C)(F)C4)c(=O)c23)ccc1F. The predicted molar refractivity (Wildman–Crippen MR) is 108 cm³/mol. The lowest BCUT2D eigenvalue weighted by Gasteiger charge is -2.42. The Labute approximate surface area is 171 Å². The van der Waals surface area contributed by atoms with E-state index in [2.05, 4.69) is 0 Å². The lowest BCUT2D eigenvalue weighted by molar-refractivity contribution is -0.144. The number of amides is 1. The largest absolute Gasteiger partial charge is 0.335 e. The molecule has 1 aliphatic carbocycles. The fourth-order valence-electron chi connectivity index (χ4n) is 4.08. The lowest BCUT2D eigenvalue weighted by atomic mass is 9.99. The van der Waals surface area contributed by atoms with E-state index >= 15 is 0 Å². The van der Waals surface area contributed by atoms with Crippen molar-refractivity contribution in [1.29, 1.82) is 0 Å². The van der Waals surface area contributed by atoms with Crippen molar-refractivity contribution in [3.63, 3.8) is 0 Å². The fourth-order valence-corrected chi connectivity index (χ4v) is 4.08. The van der Waals surface area contributed by atoms with Crippen LogP contribution >= 0.6 is 0 Å². The van der Waals surface area contributed by atoms with Gasteiger partial charge in [-0.15, -0.1) is 0 Å². The van der Waals surface area contributed by atoms with Gasteiger partial charge in [0, 0.05) is 23.9 Å². The minimum Gasteiger partial charge on any atom is -0.335 e. The minimum absolute atomic E-state index is 0.0431. The van der Waals surface area contributed by atoms with E-state index in [4.69, 9.17) is 4.98 Å². The number of halogens is 2. The molecule has 0 spiro atoms. The predicted octanol–water partition coefficient (Wildman–Crippen LogP) is 3.06. The van der Waals surface area contributed by atoms with Gasteiger partial charge in [-0.05, 0) is 50.5 Å². The van der Waals surface area contributed by atoms with Crippen LogP contribution in [0.5, 0.6) is 0 Å². The van der Waals surface area contributed by atoms with Crippen LogP contribution in [0.25, 0.3) is 16.8 Å². The zero-order chi connectivity index (χ0) is 21.2. The first kappa shape index (κ1) is 19.0. The number of nitrogens with zero attached hydrogens (tertiary/aromatic N) is 4. The number of fused-ring (bicyclic) bond motifs is 1. The maximum Gasteiger partial charge on any atom is 0.277 e. The Morgan fingerprint density at radius 1 is 1.27 bits per heavy atom. The van der Waals surface area contributed by atoms with Gasteiger partial charge in [-0.2, -0.15) is 0 Å². The van der Waals surface area contributed by atoms with Gasteiger partial charge in [0.15, 0.2) is 0 Å². The smallest absolute Gasteiger partial charge is 0.277 e. The van der Waals surface area contributed by atoms with Crippen molar-refractivity contribution >= 4 is 11.4 Å². The first-order valence-corrected chi connectivity index (χ1v) is 10.1. The van der Waals surface area contributed by atoms with Crippen LogP contribution in [0.3, 0.4) is 0 Å². The number of carbonyl (C=O) groups is 1. The summed E-state index contributed by atoms with van der Waals surface area (Å²) in [6.07, 6.45) is 5.36. The second kappa shape index (κ2) is 6.48. The molecule has 30 heavy (non-hydrogen) atoms. The maximum absolute atomic E-state index is 13.8. The molecule has 0 N–H and O–H groups in total. The molecule has 1 aromatic carbocycles. The van der Waals surface area contributed by atoms with Gasteiger partial charge < -0.3 is 9.47 Å². The average Bonchev–Trinajstić information content (AvgIpc) is 3.44. The summed E-state index contributed by atoms with van der Waals surface area (Å²) in [5.41, 5.74) is 0.300. The van der Waals surface area contributed by atoms with Crippen LogP contribution in [0.2, 0.25) is 0 Å². The minimum atomic E-state index is -1.36. The Hall–Kier alpha value is -3.03. The lowest BCUT2D eigenvalue weighted by Crippen LogP contribution is -2.60. The van der Waals surface area contributed by atoms with Gasteiger partial charge in [0.05, 0.1) is 13.1 Å². The third-order valence-corrected chi connectivity index (χ3v) is 5.87. The molecule has 3 aromatic rings. The Morgan fingerprint density at radius 2 is 2.00 bits per heavy atom. The van der Waals surface area contributed by atoms with E-state index in [1.807, 2.05) is 0 Å². The Bertz CT molecular complexity index is 1230. The molecule has 2 aliphatic rings. The number of likely N-dealkylation sites (tertiary alicyclic amines) is 1. The van der Waals surface area contributed by atoms with Crippen LogP contribution in [0.4, 0.5) is 8.78 Å². The van der Waals surface area contributed by atoms with E-state index in [-0.39, 0.29) is 36.9 Å². The summed E-state index contributed by atoms with van der Waals surface area (Å²) < 4.78 is 30.6. The highest BCUT2D eigenvalue weighted by Gasteiger charge is 2.41. The first-order valence-electron chi connectivity index (χ1n) is 10.1. The summed E-state index contributed by atoms with van der Waals surface area (Å²) in [6.45, 7) is 3.05. The summed E-state index contributed by atoms with van der Waals surface area (Å²) >= 11 is 0. The second-order valence-corrected chi connectivity index (χ2v) is 8.67. The topological polar surface area (TPSA) is 59.6 Å². The molecule has 0 atom stereocenters. The van der Waals surface area contributed by atoms with Gasteiger partial charge in [-0.25, -0.2) is 13.8 Å². The number of rotatable bonds is 4. The summed E-state index contributed by atoms with van der Waals surface area (Å²) in [6, 6.07) is 4.67. The van der Waals surface area contributed by atoms with Gasteiger partial charge in [0.2, 0.25) is 5.91 Å². The second-order valence-electron chi connectivity index (χ2n) is 8.67. The van der Waals surface area contributed by atoms with Gasteiger partial charge >= 0.3 is 0 Å². The molecule has 8 heteroatoms. The van der Waals surface area contributed by atoms with E-state index in [0.29, 0.717) is 28.3 Å². The Balaban J connectivity index is 1.58. The summed E-state index contributed by atoms with van der Waals surface area (Å²) in [5, 5.41) is 0. The molecule has 0 radical (unpaired) electrons. The van der Waals surface area contributed by atoms with Gasteiger partial charge in [0.1, 0.15) is 35.1 Å². The van der Waals surface area contributed by atoms with Crippen LogP contribution in [0.15, 0.2) is 35.4 Å². The molecule has 0 bridgehead atoms. The first-order chi connectivity index (χ1) is 14.2. The van der Waals surface area contributed by atoms with Gasteiger partial charge in [0.25, 0.3) is 5.56 Å². The van der Waals surface area contributed by atoms with Crippen molar-refractivity contribution < 1.29 is 13.6 Å². The third-order valence-electron chi connectivity index (χ3n) is 5.87. The molecule has 6 nitrogen and oxygen atoms in total. The zero-order valence-electron chi connectivity index (χ0n) is 16.9. The molecule has 3 heterocycles.